The molecule has 1 atom stereocenters. The number of nitrogens with one attached hydrogen (secondary N) is 1. The monoisotopic (exact) mass is 314 g/mol. The lowest BCUT2D eigenvalue weighted by atomic mass is 9.99. The first-order valence-electron chi connectivity index (χ1n) is 7.00. The van der Waals surface area contributed by atoms with Crippen LogP contribution in [0, 0.1) is 17.5 Å². The minimum Gasteiger partial charge on any atom is -0.372 e. The first kappa shape index (κ1) is 15.1. The highest BCUT2D eigenvalue weighted by atomic mass is 19.1. The van der Waals surface area contributed by atoms with E-state index in [0.717, 1.165) is 17.2 Å². The zero-order chi connectivity index (χ0) is 16.2. The van der Waals surface area contributed by atoms with Crippen LogP contribution in [0.3, 0.4) is 0 Å². The molecule has 0 bridgehead atoms. The molecule has 1 N–H and O–H groups in total. The van der Waals surface area contributed by atoms with Gasteiger partial charge in [-0.1, -0.05) is 18.2 Å². The number of pyridine rings is 1. The number of nitrogens with zero attached hydrogens (tertiary/aromatic N) is 1. The predicted octanol–water partition coefficient (Wildman–Crippen LogP) is 4.70. The Bertz CT molecular complexity index is 789. The number of aromatic nitrogens is 1. The standard InChI is InChI=1S/C18H13F3N2/c19-14-5-3-12(4-6-14)18(13-2-1-9-22-11-13)23-17-8-7-15(20)10-16(17)21/h1-11,18,23H. The van der Waals surface area contributed by atoms with Crippen LogP contribution in [0.25, 0.3) is 0 Å². The number of halogens is 3. The van der Waals surface area contributed by atoms with E-state index in [1.54, 1.807) is 30.6 Å². The summed E-state index contributed by atoms with van der Waals surface area (Å²) in [7, 11) is 0. The Morgan fingerprint density at radius 3 is 2.22 bits per heavy atom. The average molecular weight is 314 g/mol. The maximum Gasteiger partial charge on any atom is 0.149 e. The van der Waals surface area contributed by atoms with Gasteiger partial charge in [0.05, 0.1) is 11.7 Å². The molecule has 0 aliphatic heterocycles. The average Bonchev–Trinajstić information content (AvgIpc) is 2.56. The molecule has 0 aliphatic carbocycles. The van der Waals surface area contributed by atoms with E-state index in [0.29, 0.717) is 0 Å². The summed E-state index contributed by atoms with van der Waals surface area (Å²) in [5.41, 5.74) is 1.68. The van der Waals surface area contributed by atoms with Gasteiger partial charge in [-0.25, -0.2) is 13.2 Å². The van der Waals surface area contributed by atoms with Crippen molar-refractivity contribution in [3.8, 4) is 0 Å². The highest BCUT2D eigenvalue weighted by Gasteiger charge is 2.16. The Labute approximate surface area is 131 Å². The predicted molar refractivity (Wildman–Crippen MR) is 82.5 cm³/mol. The minimum atomic E-state index is -0.694. The molecule has 0 saturated carbocycles. The number of anilines is 1. The van der Waals surface area contributed by atoms with E-state index < -0.39 is 17.7 Å². The van der Waals surface area contributed by atoms with E-state index in [-0.39, 0.29) is 11.5 Å². The Balaban J connectivity index is 2.00. The van der Waals surface area contributed by atoms with E-state index in [4.69, 9.17) is 0 Å². The molecule has 0 radical (unpaired) electrons. The van der Waals surface area contributed by atoms with Gasteiger partial charge in [0.2, 0.25) is 0 Å². The zero-order valence-corrected chi connectivity index (χ0v) is 12.0. The first-order chi connectivity index (χ1) is 11.1. The molecule has 1 unspecified atom stereocenters. The van der Waals surface area contributed by atoms with Crippen molar-refractivity contribution in [1.82, 2.24) is 4.98 Å². The van der Waals surface area contributed by atoms with Crippen molar-refractivity contribution < 1.29 is 13.2 Å². The highest BCUT2D eigenvalue weighted by molar-refractivity contribution is 5.50. The van der Waals surface area contributed by atoms with Crippen LogP contribution < -0.4 is 5.32 Å². The van der Waals surface area contributed by atoms with Gasteiger partial charge in [-0.05, 0) is 41.5 Å². The number of hydrogen-bond donors (Lipinski definition) is 1. The molecule has 3 rings (SSSR count). The highest BCUT2D eigenvalue weighted by Crippen LogP contribution is 2.28. The molecule has 1 heterocycles. The van der Waals surface area contributed by atoms with Crippen LogP contribution >= 0.6 is 0 Å². The molecule has 5 heteroatoms. The van der Waals surface area contributed by atoms with Crippen molar-refractivity contribution in [2.45, 2.75) is 6.04 Å². The lowest BCUT2D eigenvalue weighted by Gasteiger charge is -2.21. The second-order valence-corrected chi connectivity index (χ2v) is 5.04. The topological polar surface area (TPSA) is 24.9 Å². The van der Waals surface area contributed by atoms with Crippen molar-refractivity contribution >= 4 is 5.69 Å². The van der Waals surface area contributed by atoms with Gasteiger partial charge >= 0.3 is 0 Å². The lowest BCUT2D eigenvalue weighted by Crippen LogP contribution is -2.13. The summed E-state index contributed by atoms with van der Waals surface area (Å²) < 4.78 is 40.1. The normalized spacial score (nSPS) is 12.0. The van der Waals surface area contributed by atoms with E-state index in [2.05, 4.69) is 10.3 Å². The SMILES string of the molecule is Fc1ccc(C(Nc2ccc(F)cc2F)c2cccnc2)cc1. The Hall–Kier alpha value is -2.82. The van der Waals surface area contributed by atoms with Crippen LogP contribution in [0.2, 0.25) is 0 Å². The van der Waals surface area contributed by atoms with Crippen molar-refractivity contribution in [3.05, 3.63) is 95.6 Å². The fourth-order valence-corrected chi connectivity index (χ4v) is 2.32. The van der Waals surface area contributed by atoms with Crippen LogP contribution in [-0.2, 0) is 0 Å². The molecule has 0 amide bonds. The molecule has 116 valence electrons. The van der Waals surface area contributed by atoms with E-state index in [1.807, 2.05) is 6.07 Å². The molecule has 0 aliphatic rings. The summed E-state index contributed by atoms with van der Waals surface area (Å²) in [5, 5.41) is 3.02. The quantitative estimate of drug-likeness (QED) is 0.755. The Morgan fingerprint density at radius 1 is 0.826 bits per heavy atom. The van der Waals surface area contributed by atoms with Gasteiger partial charge in [0.1, 0.15) is 17.5 Å². The Kier molecular flexibility index (Phi) is 4.28. The first-order valence-corrected chi connectivity index (χ1v) is 7.00. The van der Waals surface area contributed by atoms with Crippen molar-refractivity contribution in [1.29, 1.82) is 0 Å². The summed E-state index contributed by atoms with van der Waals surface area (Å²) in [6.07, 6.45) is 3.27. The molecule has 1 aromatic heterocycles. The molecule has 2 nitrogen and oxygen atoms in total. The van der Waals surface area contributed by atoms with Crippen molar-refractivity contribution in [2.24, 2.45) is 0 Å². The molecule has 23 heavy (non-hydrogen) atoms. The number of hydrogen-bond acceptors (Lipinski definition) is 2. The number of benzene rings is 2. The molecule has 0 fully saturated rings. The molecule has 0 spiro atoms. The van der Waals surface area contributed by atoms with Crippen molar-refractivity contribution in [2.75, 3.05) is 5.32 Å². The van der Waals surface area contributed by atoms with Gasteiger partial charge in [0.15, 0.2) is 0 Å². The third kappa shape index (κ3) is 3.51. The van der Waals surface area contributed by atoms with Crippen LogP contribution in [-0.4, -0.2) is 4.98 Å². The second-order valence-electron chi connectivity index (χ2n) is 5.04. The minimum absolute atomic E-state index is 0.157. The smallest absolute Gasteiger partial charge is 0.149 e. The molecule has 2 aromatic carbocycles. The number of rotatable bonds is 4. The maximum atomic E-state index is 13.9. The van der Waals surface area contributed by atoms with Crippen molar-refractivity contribution in [3.63, 3.8) is 0 Å². The van der Waals surface area contributed by atoms with Gasteiger partial charge < -0.3 is 5.32 Å². The zero-order valence-electron chi connectivity index (χ0n) is 12.0. The summed E-state index contributed by atoms with van der Waals surface area (Å²) in [5.74, 6) is -1.69. The van der Waals surface area contributed by atoms with Gasteiger partial charge in [-0.2, -0.15) is 0 Å². The van der Waals surface area contributed by atoms with E-state index in [1.165, 1.54) is 24.3 Å². The van der Waals surface area contributed by atoms with Gasteiger partial charge in [-0.3, -0.25) is 4.98 Å². The van der Waals surface area contributed by atoms with Gasteiger partial charge in [0, 0.05) is 18.5 Å². The fourth-order valence-electron chi connectivity index (χ4n) is 2.32. The van der Waals surface area contributed by atoms with Gasteiger partial charge in [-0.15, -0.1) is 0 Å². The van der Waals surface area contributed by atoms with Crippen LogP contribution in [0.5, 0.6) is 0 Å². The fraction of sp³-hybridized carbons (Fsp3) is 0.0556. The lowest BCUT2D eigenvalue weighted by molar-refractivity contribution is 0.584. The van der Waals surface area contributed by atoms with Crippen LogP contribution in [0.4, 0.5) is 18.9 Å². The van der Waals surface area contributed by atoms with E-state index >= 15 is 0 Å². The summed E-state index contributed by atoms with van der Waals surface area (Å²) in [6, 6.07) is 12.4. The van der Waals surface area contributed by atoms with E-state index in [9.17, 15) is 13.2 Å². The van der Waals surface area contributed by atoms with Crippen LogP contribution in [0.15, 0.2) is 67.0 Å². The molecule has 0 saturated heterocycles. The molecule has 3 aromatic rings. The van der Waals surface area contributed by atoms with Crippen LogP contribution in [0.1, 0.15) is 17.2 Å². The Morgan fingerprint density at radius 2 is 1.57 bits per heavy atom. The third-order valence-electron chi connectivity index (χ3n) is 3.45. The summed E-state index contributed by atoms with van der Waals surface area (Å²) >= 11 is 0. The summed E-state index contributed by atoms with van der Waals surface area (Å²) in [6.45, 7) is 0. The molecular formula is C18H13F3N2. The molecular weight excluding hydrogens is 301 g/mol. The van der Waals surface area contributed by atoms with Gasteiger partial charge in [0.25, 0.3) is 0 Å². The second kappa shape index (κ2) is 6.52. The third-order valence-corrected chi connectivity index (χ3v) is 3.45. The maximum absolute atomic E-state index is 13.9. The largest absolute Gasteiger partial charge is 0.372 e. The summed E-state index contributed by atoms with van der Waals surface area (Å²) in [4.78, 5) is 4.06.